The van der Waals surface area contributed by atoms with Gasteiger partial charge in [0.05, 0.1) is 12.7 Å². The maximum absolute atomic E-state index is 6.31. The van der Waals surface area contributed by atoms with Crippen molar-refractivity contribution in [2.75, 3.05) is 19.8 Å². The number of unbranched alkanes of at least 4 members (excludes halogenated alkanes) is 1. The van der Waals surface area contributed by atoms with Crippen molar-refractivity contribution in [1.29, 1.82) is 0 Å². The summed E-state index contributed by atoms with van der Waals surface area (Å²) in [5.41, 5.74) is 0. The third kappa shape index (κ3) is 6.23. The normalized spacial score (nSPS) is 24.0. The molecule has 0 saturated carbocycles. The monoisotopic (exact) mass is 314 g/mol. The Morgan fingerprint density at radius 1 is 1.33 bits per heavy atom. The minimum atomic E-state index is -1.71. The van der Waals surface area contributed by atoms with Crippen molar-refractivity contribution in [1.82, 2.24) is 0 Å². The van der Waals surface area contributed by atoms with E-state index in [1.807, 2.05) is 6.08 Å². The van der Waals surface area contributed by atoms with Gasteiger partial charge < -0.3 is 13.9 Å². The van der Waals surface area contributed by atoms with Gasteiger partial charge in [-0.05, 0) is 43.8 Å². The molecule has 1 saturated heterocycles. The standard InChI is InChI=1S/C17H34O3Si/c1-7-8-9-12-18-15-11-10-13-19-16(15)14-20-21(5,6)17(2,3)4/h7,15-16H,1,8-14H2,2-6H3/t15-,16+/m0/s1. The zero-order valence-corrected chi connectivity index (χ0v) is 15.6. The summed E-state index contributed by atoms with van der Waals surface area (Å²) < 4.78 is 18.2. The Morgan fingerprint density at radius 3 is 2.67 bits per heavy atom. The smallest absolute Gasteiger partial charge is 0.192 e. The molecule has 0 aromatic rings. The van der Waals surface area contributed by atoms with Gasteiger partial charge in [-0.1, -0.05) is 26.8 Å². The van der Waals surface area contributed by atoms with Crippen LogP contribution in [0.15, 0.2) is 12.7 Å². The Hall–Kier alpha value is -0.163. The zero-order valence-electron chi connectivity index (χ0n) is 14.6. The van der Waals surface area contributed by atoms with E-state index in [0.29, 0.717) is 6.61 Å². The quantitative estimate of drug-likeness (QED) is 0.374. The van der Waals surface area contributed by atoms with Crippen molar-refractivity contribution < 1.29 is 13.9 Å². The van der Waals surface area contributed by atoms with Crippen LogP contribution in [0.2, 0.25) is 18.1 Å². The fourth-order valence-electron chi connectivity index (χ4n) is 2.13. The van der Waals surface area contributed by atoms with Gasteiger partial charge in [-0.15, -0.1) is 6.58 Å². The topological polar surface area (TPSA) is 27.7 Å². The van der Waals surface area contributed by atoms with Crippen LogP contribution in [0.5, 0.6) is 0 Å². The van der Waals surface area contributed by atoms with E-state index in [0.717, 1.165) is 38.9 Å². The molecule has 1 rings (SSSR count). The average molecular weight is 315 g/mol. The van der Waals surface area contributed by atoms with Gasteiger partial charge in [0.2, 0.25) is 0 Å². The lowest BCUT2D eigenvalue weighted by molar-refractivity contribution is -0.119. The van der Waals surface area contributed by atoms with Crippen LogP contribution in [-0.4, -0.2) is 40.3 Å². The number of hydrogen-bond acceptors (Lipinski definition) is 3. The molecule has 21 heavy (non-hydrogen) atoms. The van der Waals surface area contributed by atoms with Gasteiger partial charge in [-0.2, -0.15) is 0 Å². The maximum Gasteiger partial charge on any atom is 0.192 e. The number of hydrogen-bond donors (Lipinski definition) is 0. The van der Waals surface area contributed by atoms with Gasteiger partial charge in [0.15, 0.2) is 8.32 Å². The summed E-state index contributed by atoms with van der Waals surface area (Å²) in [7, 11) is -1.71. The summed E-state index contributed by atoms with van der Waals surface area (Å²) in [5, 5.41) is 0.238. The second-order valence-electron chi connectivity index (χ2n) is 7.46. The first-order valence-corrected chi connectivity index (χ1v) is 11.2. The number of allylic oxidation sites excluding steroid dienone is 1. The lowest BCUT2D eigenvalue weighted by Gasteiger charge is -2.39. The molecule has 0 aliphatic carbocycles. The first-order chi connectivity index (χ1) is 9.78. The summed E-state index contributed by atoms with van der Waals surface area (Å²) in [6.45, 7) is 17.4. The van der Waals surface area contributed by atoms with Gasteiger partial charge in [-0.3, -0.25) is 0 Å². The highest BCUT2D eigenvalue weighted by atomic mass is 28.4. The van der Waals surface area contributed by atoms with Crippen molar-refractivity contribution in [3.8, 4) is 0 Å². The fourth-order valence-corrected chi connectivity index (χ4v) is 3.14. The highest BCUT2D eigenvalue weighted by molar-refractivity contribution is 6.74. The van der Waals surface area contributed by atoms with E-state index in [9.17, 15) is 0 Å². The summed E-state index contributed by atoms with van der Waals surface area (Å²) in [5.74, 6) is 0. The molecule has 3 nitrogen and oxygen atoms in total. The zero-order chi connectivity index (χ0) is 15.9. The Balaban J connectivity index is 2.44. The van der Waals surface area contributed by atoms with Crippen LogP contribution in [0.1, 0.15) is 46.5 Å². The summed E-state index contributed by atoms with van der Waals surface area (Å²) in [4.78, 5) is 0. The van der Waals surface area contributed by atoms with E-state index in [4.69, 9.17) is 13.9 Å². The van der Waals surface area contributed by atoms with E-state index in [-0.39, 0.29) is 17.2 Å². The molecule has 1 heterocycles. The van der Waals surface area contributed by atoms with Crippen LogP contribution in [-0.2, 0) is 13.9 Å². The first-order valence-electron chi connectivity index (χ1n) is 8.26. The average Bonchev–Trinajstić information content (AvgIpc) is 2.41. The van der Waals surface area contributed by atoms with Gasteiger partial charge in [-0.25, -0.2) is 0 Å². The summed E-state index contributed by atoms with van der Waals surface area (Å²) in [6, 6.07) is 0. The molecule has 2 atom stereocenters. The Bertz CT molecular complexity index is 310. The number of rotatable bonds is 8. The van der Waals surface area contributed by atoms with Gasteiger partial charge in [0.1, 0.15) is 6.10 Å². The van der Waals surface area contributed by atoms with Crippen LogP contribution in [0.3, 0.4) is 0 Å². The van der Waals surface area contributed by atoms with Crippen molar-refractivity contribution in [3.05, 3.63) is 12.7 Å². The van der Waals surface area contributed by atoms with Gasteiger partial charge >= 0.3 is 0 Å². The van der Waals surface area contributed by atoms with E-state index in [2.05, 4.69) is 40.4 Å². The molecule has 0 radical (unpaired) electrons. The van der Waals surface area contributed by atoms with Crippen molar-refractivity contribution in [2.45, 2.75) is 76.8 Å². The van der Waals surface area contributed by atoms with Crippen LogP contribution < -0.4 is 0 Å². The molecule has 1 fully saturated rings. The Kier molecular flexibility index (Phi) is 7.61. The molecular formula is C17H34O3Si. The molecule has 124 valence electrons. The largest absolute Gasteiger partial charge is 0.414 e. The van der Waals surface area contributed by atoms with Crippen LogP contribution in [0, 0.1) is 0 Å². The minimum Gasteiger partial charge on any atom is -0.414 e. The molecule has 0 aromatic heterocycles. The molecule has 0 spiro atoms. The highest BCUT2D eigenvalue weighted by Gasteiger charge is 2.39. The second-order valence-corrected chi connectivity index (χ2v) is 12.3. The summed E-state index contributed by atoms with van der Waals surface area (Å²) >= 11 is 0. The second kappa shape index (κ2) is 8.46. The van der Waals surface area contributed by atoms with Crippen LogP contribution >= 0.6 is 0 Å². The third-order valence-electron chi connectivity index (χ3n) is 4.68. The molecule has 4 heteroatoms. The molecule has 1 aliphatic rings. The first kappa shape index (κ1) is 18.9. The lowest BCUT2D eigenvalue weighted by Crippen LogP contribution is -2.46. The fraction of sp³-hybridized carbons (Fsp3) is 0.882. The van der Waals surface area contributed by atoms with Crippen LogP contribution in [0.25, 0.3) is 0 Å². The van der Waals surface area contributed by atoms with Gasteiger partial charge in [0.25, 0.3) is 0 Å². The van der Waals surface area contributed by atoms with Crippen molar-refractivity contribution in [3.63, 3.8) is 0 Å². The third-order valence-corrected chi connectivity index (χ3v) is 9.18. The SMILES string of the molecule is C=CCCCO[C@H]1CCCO[C@@H]1CO[Si](C)(C)C(C)(C)C. The van der Waals surface area contributed by atoms with Gasteiger partial charge in [0, 0.05) is 13.2 Å². The van der Waals surface area contributed by atoms with E-state index < -0.39 is 8.32 Å². The molecule has 0 unspecified atom stereocenters. The Morgan fingerprint density at radius 2 is 2.05 bits per heavy atom. The predicted molar refractivity (Wildman–Crippen MR) is 91.3 cm³/mol. The minimum absolute atomic E-state index is 0.0941. The number of ether oxygens (including phenoxy) is 2. The predicted octanol–water partition coefficient (Wildman–Crippen LogP) is 4.54. The van der Waals surface area contributed by atoms with E-state index in [1.54, 1.807) is 0 Å². The van der Waals surface area contributed by atoms with Crippen molar-refractivity contribution in [2.24, 2.45) is 0 Å². The lowest BCUT2D eigenvalue weighted by atomic mass is 10.1. The molecule has 0 N–H and O–H groups in total. The van der Waals surface area contributed by atoms with Crippen molar-refractivity contribution >= 4 is 8.32 Å². The highest BCUT2D eigenvalue weighted by Crippen LogP contribution is 2.37. The molecule has 0 amide bonds. The molecule has 1 aliphatic heterocycles. The maximum atomic E-state index is 6.31. The molecule has 0 aromatic carbocycles. The van der Waals surface area contributed by atoms with Crippen LogP contribution in [0.4, 0.5) is 0 Å². The molecule has 0 bridgehead atoms. The van der Waals surface area contributed by atoms with E-state index >= 15 is 0 Å². The molecular weight excluding hydrogens is 280 g/mol. The Labute approximate surface area is 132 Å². The summed E-state index contributed by atoms with van der Waals surface area (Å²) in [6.07, 6.45) is 6.44. The van der Waals surface area contributed by atoms with E-state index in [1.165, 1.54) is 0 Å².